The maximum atomic E-state index is 13.2. The van der Waals surface area contributed by atoms with Crippen LogP contribution < -0.4 is 0 Å². The topological polar surface area (TPSA) is 66.4 Å². The van der Waals surface area contributed by atoms with E-state index in [1.807, 2.05) is 54.1 Å². The first-order valence-electron chi connectivity index (χ1n) is 8.98. The lowest BCUT2D eigenvalue weighted by molar-refractivity contribution is -0.127. The van der Waals surface area contributed by atoms with Crippen LogP contribution in [0.3, 0.4) is 0 Å². The Kier molecular flexibility index (Phi) is 4.18. The average Bonchev–Trinajstić information content (AvgIpc) is 2.95. The summed E-state index contributed by atoms with van der Waals surface area (Å²) >= 11 is 0. The zero-order valence-corrected chi connectivity index (χ0v) is 15.1. The number of fused-ring (bicyclic) bond motifs is 1. The van der Waals surface area contributed by atoms with Gasteiger partial charge in [-0.15, -0.1) is 0 Å². The van der Waals surface area contributed by atoms with Crippen molar-refractivity contribution in [1.29, 1.82) is 0 Å². The zero-order chi connectivity index (χ0) is 18.3. The van der Waals surface area contributed by atoms with Crippen LogP contribution in [0.1, 0.15) is 29.0 Å². The van der Waals surface area contributed by atoms with Crippen LogP contribution in [0.5, 0.6) is 0 Å². The Bertz CT molecular complexity index is 852. The summed E-state index contributed by atoms with van der Waals surface area (Å²) in [4.78, 5) is 37.6. The fourth-order valence-electron chi connectivity index (χ4n) is 4.08. The van der Waals surface area contributed by atoms with E-state index >= 15 is 0 Å². The molecule has 26 heavy (non-hydrogen) atoms. The molecule has 2 aliphatic rings. The molecule has 0 radical (unpaired) electrons. The lowest BCUT2D eigenvalue weighted by Gasteiger charge is -2.36. The number of hydrogen-bond acceptors (Lipinski definition) is 4. The highest BCUT2D eigenvalue weighted by molar-refractivity contribution is 5.99. The van der Waals surface area contributed by atoms with Gasteiger partial charge >= 0.3 is 0 Å². The van der Waals surface area contributed by atoms with Crippen LogP contribution in [0, 0.1) is 12.8 Å². The molecule has 0 N–H and O–H groups in total. The predicted molar refractivity (Wildman–Crippen MR) is 97.4 cm³/mol. The van der Waals surface area contributed by atoms with Crippen molar-refractivity contribution in [2.45, 2.75) is 25.8 Å². The van der Waals surface area contributed by atoms with Crippen LogP contribution >= 0.6 is 0 Å². The van der Waals surface area contributed by atoms with Gasteiger partial charge in [0.15, 0.2) is 0 Å². The molecule has 2 fully saturated rings. The van der Waals surface area contributed by atoms with Gasteiger partial charge in [-0.3, -0.25) is 9.59 Å². The molecule has 0 spiro atoms. The van der Waals surface area contributed by atoms with Gasteiger partial charge in [-0.25, -0.2) is 9.97 Å². The summed E-state index contributed by atoms with van der Waals surface area (Å²) in [6, 6.07) is 9.98. The Hall–Kier alpha value is -2.76. The van der Waals surface area contributed by atoms with E-state index in [1.54, 1.807) is 6.20 Å². The molecule has 0 aliphatic carbocycles. The Morgan fingerprint density at radius 3 is 2.77 bits per heavy atom. The molecule has 0 saturated carbocycles. The quantitative estimate of drug-likeness (QED) is 0.832. The largest absolute Gasteiger partial charge is 0.342 e. The van der Waals surface area contributed by atoms with Crippen molar-refractivity contribution in [3.63, 3.8) is 0 Å². The fourth-order valence-corrected chi connectivity index (χ4v) is 4.08. The molecule has 0 bridgehead atoms. The summed E-state index contributed by atoms with van der Waals surface area (Å²) in [6.07, 6.45) is 2.98. The number of rotatable bonds is 2. The van der Waals surface area contributed by atoms with Crippen LogP contribution in [0.4, 0.5) is 0 Å². The first-order valence-corrected chi connectivity index (χ1v) is 8.98. The highest BCUT2D eigenvalue weighted by Gasteiger charge is 2.42. The van der Waals surface area contributed by atoms with Crippen molar-refractivity contribution in [2.24, 2.45) is 5.92 Å². The minimum absolute atomic E-state index is 0.0516. The van der Waals surface area contributed by atoms with E-state index in [-0.39, 0.29) is 23.8 Å². The Morgan fingerprint density at radius 1 is 1.23 bits per heavy atom. The molecule has 3 heterocycles. The van der Waals surface area contributed by atoms with E-state index in [0.29, 0.717) is 36.6 Å². The van der Waals surface area contributed by atoms with Crippen LogP contribution in [0.15, 0.2) is 36.5 Å². The molecule has 2 atom stereocenters. The van der Waals surface area contributed by atoms with Gasteiger partial charge < -0.3 is 9.80 Å². The molecule has 2 aliphatic heterocycles. The summed E-state index contributed by atoms with van der Waals surface area (Å²) in [7, 11) is 1.87. The lowest BCUT2D eigenvalue weighted by Crippen LogP contribution is -2.47. The van der Waals surface area contributed by atoms with Crippen molar-refractivity contribution >= 4 is 11.8 Å². The summed E-state index contributed by atoms with van der Waals surface area (Å²) in [6.45, 7) is 3.09. The Balaban J connectivity index is 1.62. The Labute approximate surface area is 152 Å². The maximum absolute atomic E-state index is 13.2. The minimum Gasteiger partial charge on any atom is -0.342 e. The van der Waals surface area contributed by atoms with Crippen molar-refractivity contribution in [2.75, 3.05) is 20.1 Å². The van der Waals surface area contributed by atoms with Gasteiger partial charge in [0, 0.05) is 50.3 Å². The second-order valence-corrected chi connectivity index (χ2v) is 7.12. The number of aromatic nitrogens is 2. The SMILES string of the molecule is Cc1ncc(C(=O)N2CC[C@H]3[C@H](CC(=O)N3C)C2)c(-c2ccccc2)n1. The lowest BCUT2D eigenvalue weighted by atomic mass is 9.92. The van der Waals surface area contributed by atoms with E-state index in [0.717, 1.165) is 12.0 Å². The normalized spacial score (nSPS) is 22.5. The molecule has 6 nitrogen and oxygen atoms in total. The molecule has 2 amide bonds. The molecule has 4 rings (SSSR count). The number of nitrogens with zero attached hydrogens (tertiary/aromatic N) is 4. The van der Waals surface area contributed by atoms with Gasteiger partial charge in [-0.05, 0) is 13.3 Å². The van der Waals surface area contributed by atoms with Gasteiger partial charge in [-0.1, -0.05) is 30.3 Å². The number of hydrogen-bond donors (Lipinski definition) is 0. The molecular weight excluding hydrogens is 328 g/mol. The van der Waals surface area contributed by atoms with E-state index in [4.69, 9.17) is 0 Å². The fraction of sp³-hybridized carbons (Fsp3) is 0.400. The molecule has 1 aromatic heterocycles. The van der Waals surface area contributed by atoms with Crippen molar-refractivity contribution < 1.29 is 9.59 Å². The first-order chi connectivity index (χ1) is 12.5. The standard InChI is InChI=1S/C20H22N4O2/c1-13-21-11-16(19(22-13)14-6-4-3-5-7-14)20(26)24-9-8-17-15(12-24)10-18(25)23(17)2/h3-7,11,15,17H,8-10,12H2,1-2H3/t15-,17+/m1/s1. The van der Waals surface area contributed by atoms with Crippen LogP contribution in [-0.4, -0.2) is 57.8 Å². The highest BCUT2D eigenvalue weighted by atomic mass is 16.2. The number of aryl methyl sites for hydroxylation is 1. The third kappa shape index (κ3) is 2.85. The monoisotopic (exact) mass is 350 g/mol. The number of carbonyl (C=O) groups is 2. The molecule has 1 aromatic carbocycles. The van der Waals surface area contributed by atoms with Crippen LogP contribution in [-0.2, 0) is 4.79 Å². The van der Waals surface area contributed by atoms with Crippen LogP contribution in [0.25, 0.3) is 11.3 Å². The maximum Gasteiger partial charge on any atom is 0.257 e. The Morgan fingerprint density at radius 2 is 2.00 bits per heavy atom. The smallest absolute Gasteiger partial charge is 0.257 e. The molecule has 6 heteroatoms. The summed E-state index contributed by atoms with van der Waals surface area (Å²) < 4.78 is 0. The number of amides is 2. The minimum atomic E-state index is -0.0516. The summed E-state index contributed by atoms with van der Waals surface area (Å²) in [5.74, 6) is 0.987. The predicted octanol–water partition coefficient (Wildman–Crippen LogP) is 2.14. The van der Waals surface area contributed by atoms with E-state index in [2.05, 4.69) is 9.97 Å². The second kappa shape index (κ2) is 6.52. The average molecular weight is 350 g/mol. The van der Waals surface area contributed by atoms with E-state index < -0.39 is 0 Å². The molecular formula is C20H22N4O2. The van der Waals surface area contributed by atoms with E-state index in [1.165, 1.54) is 0 Å². The number of benzene rings is 1. The van der Waals surface area contributed by atoms with Gasteiger partial charge in [0.2, 0.25) is 5.91 Å². The van der Waals surface area contributed by atoms with Gasteiger partial charge in [0.1, 0.15) is 5.82 Å². The number of likely N-dealkylation sites (tertiary alicyclic amines) is 2. The summed E-state index contributed by atoms with van der Waals surface area (Å²) in [5.41, 5.74) is 2.11. The van der Waals surface area contributed by atoms with Crippen molar-refractivity contribution in [1.82, 2.24) is 19.8 Å². The summed E-state index contributed by atoms with van der Waals surface area (Å²) in [5, 5.41) is 0. The van der Waals surface area contributed by atoms with Gasteiger partial charge in [-0.2, -0.15) is 0 Å². The molecule has 2 aromatic rings. The third-order valence-electron chi connectivity index (χ3n) is 5.50. The molecule has 0 unspecified atom stereocenters. The second-order valence-electron chi connectivity index (χ2n) is 7.12. The molecule has 134 valence electrons. The van der Waals surface area contributed by atoms with Gasteiger partial charge in [0.05, 0.1) is 11.3 Å². The first kappa shape index (κ1) is 16.7. The van der Waals surface area contributed by atoms with Gasteiger partial charge in [0.25, 0.3) is 5.91 Å². The van der Waals surface area contributed by atoms with E-state index in [9.17, 15) is 9.59 Å². The molecule has 2 saturated heterocycles. The zero-order valence-electron chi connectivity index (χ0n) is 15.1. The number of carbonyl (C=O) groups excluding carboxylic acids is 2. The van der Waals surface area contributed by atoms with Crippen molar-refractivity contribution in [3.05, 3.63) is 47.9 Å². The van der Waals surface area contributed by atoms with Crippen molar-refractivity contribution in [3.8, 4) is 11.3 Å². The third-order valence-corrected chi connectivity index (χ3v) is 5.50. The highest BCUT2D eigenvalue weighted by Crippen LogP contribution is 2.32. The van der Waals surface area contributed by atoms with Crippen LogP contribution in [0.2, 0.25) is 0 Å². The number of piperidine rings is 1.